The predicted molar refractivity (Wildman–Crippen MR) is 55.5 cm³/mol. The first kappa shape index (κ1) is 8.96. The lowest BCUT2D eigenvalue weighted by Gasteiger charge is -2.14. The first-order valence-corrected chi connectivity index (χ1v) is 4.85. The highest BCUT2D eigenvalue weighted by molar-refractivity contribution is 5.99. The van der Waals surface area contributed by atoms with Gasteiger partial charge < -0.3 is 0 Å². The number of nitrogens with zero attached hydrogens (tertiary/aromatic N) is 2. The molecule has 0 amide bonds. The number of nitriles is 1. The van der Waals surface area contributed by atoms with Crippen molar-refractivity contribution in [3.8, 4) is 6.07 Å². The molecule has 1 aromatic carbocycles. The fourth-order valence-electron chi connectivity index (χ4n) is 1.95. The normalized spacial score (nSPS) is 14.9. The van der Waals surface area contributed by atoms with E-state index in [1.54, 1.807) is 0 Å². The summed E-state index contributed by atoms with van der Waals surface area (Å²) >= 11 is 0. The summed E-state index contributed by atoms with van der Waals surface area (Å²) in [5.74, 6) is 0. The van der Waals surface area contributed by atoms with Gasteiger partial charge in [0, 0.05) is 12.0 Å². The zero-order valence-corrected chi connectivity index (χ0v) is 8.33. The van der Waals surface area contributed by atoms with E-state index in [1.807, 2.05) is 6.07 Å². The topological polar surface area (TPSA) is 26.8 Å². The molecule has 70 valence electrons. The second-order valence-electron chi connectivity index (χ2n) is 3.61. The molecule has 1 aliphatic heterocycles. The first-order chi connectivity index (χ1) is 6.83. The Morgan fingerprint density at radius 2 is 2.21 bits per heavy atom. The Labute approximate surface area is 84.1 Å². The molecule has 14 heavy (non-hydrogen) atoms. The fraction of sp³-hybridized carbons (Fsp3) is 0.333. The highest BCUT2D eigenvalue weighted by atomic mass is 15.0. The van der Waals surface area contributed by atoms with Gasteiger partial charge in [-0.05, 0) is 11.6 Å². The summed E-state index contributed by atoms with van der Waals surface area (Å²) in [7, 11) is 2.06. The quantitative estimate of drug-likeness (QED) is 0.610. The number of fused-ring (bicyclic) bond motifs is 1. The van der Waals surface area contributed by atoms with Gasteiger partial charge in [0.15, 0.2) is 5.71 Å². The molecule has 2 rings (SSSR count). The largest absolute Gasteiger partial charge is 0.234 e. The zero-order valence-electron chi connectivity index (χ0n) is 8.33. The molecular weight excluding hydrogens is 172 g/mol. The van der Waals surface area contributed by atoms with E-state index in [-0.39, 0.29) is 0 Å². The van der Waals surface area contributed by atoms with E-state index in [9.17, 15) is 0 Å². The average Bonchev–Trinajstić information content (AvgIpc) is 2.23. The molecule has 0 aromatic heterocycles. The van der Waals surface area contributed by atoms with E-state index in [4.69, 9.17) is 5.26 Å². The van der Waals surface area contributed by atoms with Gasteiger partial charge in [0.05, 0.1) is 6.07 Å². The molecule has 1 aliphatic rings. The highest BCUT2D eigenvalue weighted by Crippen LogP contribution is 2.16. The first-order valence-electron chi connectivity index (χ1n) is 4.85. The Bertz CT molecular complexity index is 424. The molecule has 0 spiro atoms. The van der Waals surface area contributed by atoms with Crippen LogP contribution in [0.25, 0.3) is 0 Å². The van der Waals surface area contributed by atoms with Gasteiger partial charge in [-0.15, -0.1) is 0 Å². The van der Waals surface area contributed by atoms with Crippen LogP contribution >= 0.6 is 0 Å². The summed E-state index contributed by atoms with van der Waals surface area (Å²) in [6, 6.07) is 10.6. The molecule has 0 unspecified atom stereocenters. The Morgan fingerprint density at radius 3 is 3.00 bits per heavy atom. The molecule has 0 atom stereocenters. The maximum Gasteiger partial charge on any atom is 0.197 e. The standard InChI is InChI=1S/C12H13N2/c1-14-9-7-10-4-2-3-5-11(10)12(14)6-8-13/h2-5H,6-7,9H2,1H3/q+1. The van der Waals surface area contributed by atoms with Crippen LogP contribution in [0.4, 0.5) is 0 Å². The summed E-state index contributed by atoms with van der Waals surface area (Å²) in [6.07, 6.45) is 1.59. The van der Waals surface area contributed by atoms with Crippen LogP contribution in [0.15, 0.2) is 24.3 Å². The minimum absolute atomic E-state index is 0.507. The molecule has 1 aromatic rings. The van der Waals surface area contributed by atoms with E-state index in [0.717, 1.165) is 18.7 Å². The number of likely N-dealkylation sites (N-methyl/N-ethyl adjacent to an activating group) is 1. The lowest BCUT2D eigenvalue weighted by Crippen LogP contribution is -2.26. The molecule has 2 nitrogen and oxygen atoms in total. The summed E-state index contributed by atoms with van der Waals surface area (Å²) in [6.45, 7) is 1.02. The van der Waals surface area contributed by atoms with E-state index >= 15 is 0 Å². The molecule has 0 radical (unpaired) electrons. The van der Waals surface area contributed by atoms with Gasteiger partial charge in [0.25, 0.3) is 0 Å². The Morgan fingerprint density at radius 1 is 1.43 bits per heavy atom. The van der Waals surface area contributed by atoms with Gasteiger partial charge in [-0.1, -0.05) is 18.2 Å². The third-order valence-electron chi connectivity index (χ3n) is 2.75. The van der Waals surface area contributed by atoms with E-state index in [2.05, 4.69) is 35.9 Å². The van der Waals surface area contributed by atoms with Crippen LogP contribution in [0.1, 0.15) is 17.5 Å². The van der Waals surface area contributed by atoms with Crippen molar-refractivity contribution in [3.63, 3.8) is 0 Å². The summed E-state index contributed by atoms with van der Waals surface area (Å²) in [5.41, 5.74) is 3.79. The van der Waals surface area contributed by atoms with Crippen LogP contribution in [-0.2, 0) is 6.42 Å². The van der Waals surface area contributed by atoms with Gasteiger partial charge in [0.2, 0.25) is 0 Å². The summed E-state index contributed by atoms with van der Waals surface area (Å²) in [4.78, 5) is 0. The van der Waals surface area contributed by atoms with Crippen molar-refractivity contribution in [2.75, 3.05) is 13.6 Å². The molecular formula is C12H13N2+. The van der Waals surface area contributed by atoms with Crippen LogP contribution < -0.4 is 0 Å². The van der Waals surface area contributed by atoms with Crippen LogP contribution in [0.3, 0.4) is 0 Å². The van der Waals surface area contributed by atoms with Gasteiger partial charge in [0.1, 0.15) is 20.0 Å². The van der Waals surface area contributed by atoms with Gasteiger partial charge in [-0.25, -0.2) is 4.58 Å². The summed E-state index contributed by atoms with van der Waals surface area (Å²) < 4.78 is 2.19. The van der Waals surface area contributed by atoms with E-state index in [1.165, 1.54) is 11.1 Å². The molecule has 1 heterocycles. The van der Waals surface area contributed by atoms with E-state index < -0.39 is 0 Å². The monoisotopic (exact) mass is 185 g/mol. The molecule has 0 saturated heterocycles. The Hall–Kier alpha value is -1.62. The van der Waals surface area contributed by atoms with Gasteiger partial charge in [-0.2, -0.15) is 5.26 Å². The maximum absolute atomic E-state index is 8.76. The third-order valence-corrected chi connectivity index (χ3v) is 2.75. The highest BCUT2D eigenvalue weighted by Gasteiger charge is 2.21. The fourth-order valence-corrected chi connectivity index (χ4v) is 1.95. The maximum atomic E-state index is 8.76. The van der Waals surface area contributed by atoms with E-state index in [0.29, 0.717) is 6.42 Å². The minimum atomic E-state index is 0.507. The molecule has 0 fully saturated rings. The minimum Gasteiger partial charge on any atom is -0.234 e. The van der Waals surface area contributed by atoms with Gasteiger partial charge >= 0.3 is 0 Å². The molecule has 0 N–H and O–H groups in total. The second kappa shape index (κ2) is 3.63. The Balaban J connectivity index is 2.51. The number of hydrogen-bond donors (Lipinski definition) is 0. The molecule has 0 aliphatic carbocycles. The lowest BCUT2D eigenvalue weighted by atomic mass is 9.96. The van der Waals surface area contributed by atoms with Crippen molar-refractivity contribution < 1.29 is 4.58 Å². The second-order valence-corrected chi connectivity index (χ2v) is 3.61. The third kappa shape index (κ3) is 1.42. The number of benzene rings is 1. The Kier molecular flexibility index (Phi) is 2.32. The molecule has 0 bridgehead atoms. The van der Waals surface area contributed by atoms with Crippen molar-refractivity contribution in [2.45, 2.75) is 12.8 Å². The summed E-state index contributed by atoms with van der Waals surface area (Å²) in [5, 5.41) is 8.76. The molecule has 2 heteroatoms. The van der Waals surface area contributed by atoms with Crippen molar-refractivity contribution in [1.82, 2.24) is 0 Å². The van der Waals surface area contributed by atoms with Crippen molar-refractivity contribution in [3.05, 3.63) is 35.4 Å². The van der Waals surface area contributed by atoms with Crippen LogP contribution in [0.5, 0.6) is 0 Å². The van der Waals surface area contributed by atoms with Crippen LogP contribution in [0, 0.1) is 11.3 Å². The van der Waals surface area contributed by atoms with Crippen LogP contribution in [0.2, 0.25) is 0 Å². The predicted octanol–water partition coefficient (Wildman–Crippen LogP) is 1.59. The van der Waals surface area contributed by atoms with Crippen molar-refractivity contribution >= 4 is 5.71 Å². The molecule has 0 saturated carbocycles. The van der Waals surface area contributed by atoms with Crippen molar-refractivity contribution in [2.24, 2.45) is 0 Å². The zero-order chi connectivity index (χ0) is 9.97. The smallest absolute Gasteiger partial charge is 0.197 e. The van der Waals surface area contributed by atoms with Crippen LogP contribution in [-0.4, -0.2) is 23.9 Å². The lowest BCUT2D eigenvalue weighted by molar-refractivity contribution is -0.498. The van der Waals surface area contributed by atoms with Gasteiger partial charge in [-0.3, -0.25) is 0 Å². The van der Waals surface area contributed by atoms with Crippen molar-refractivity contribution in [1.29, 1.82) is 5.26 Å². The average molecular weight is 185 g/mol. The SMILES string of the molecule is C[N+]1=C(CC#N)c2ccccc2CC1. The number of hydrogen-bond acceptors (Lipinski definition) is 1. The number of rotatable bonds is 1.